The molecule has 1 aliphatic carbocycles. The van der Waals surface area contributed by atoms with Crippen molar-refractivity contribution in [2.45, 2.75) is 25.2 Å². The second-order valence-electron chi connectivity index (χ2n) is 4.38. The third kappa shape index (κ3) is 1.49. The number of halogens is 2. The second-order valence-corrected chi connectivity index (χ2v) is 4.38. The third-order valence-electron chi connectivity index (χ3n) is 3.29. The Bertz CT molecular complexity index is 262. The number of rotatable bonds is 3. The molecule has 80 valence electrons. The first-order valence-corrected chi connectivity index (χ1v) is 4.78. The van der Waals surface area contributed by atoms with Crippen LogP contribution in [0.15, 0.2) is 0 Å². The van der Waals surface area contributed by atoms with Gasteiger partial charge in [-0.2, -0.15) is 0 Å². The maximum absolute atomic E-state index is 12.7. The highest BCUT2D eigenvalue weighted by Crippen LogP contribution is 2.54. The SMILES string of the molecule is O=C(O)C1(CC2CC2(F)F)CCNC1. The van der Waals surface area contributed by atoms with Gasteiger partial charge in [0.25, 0.3) is 5.92 Å². The fourth-order valence-corrected chi connectivity index (χ4v) is 2.15. The van der Waals surface area contributed by atoms with E-state index in [0.29, 0.717) is 19.5 Å². The molecule has 0 bridgehead atoms. The van der Waals surface area contributed by atoms with Gasteiger partial charge in [-0.25, -0.2) is 8.78 Å². The average molecular weight is 205 g/mol. The fraction of sp³-hybridized carbons (Fsp3) is 0.889. The van der Waals surface area contributed by atoms with Gasteiger partial charge in [0.2, 0.25) is 0 Å². The Morgan fingerprint density at radius 1 is 1.57 bits per heavy atom. The van der Waals surface area contributed by atoms with Crippen LogP contribution in [0, 0.1) is 11.3 Å². The molecule has 2 rings (SSSR count). The number of nitrogens with one attached hydrogen (secondary N) is 1. The first kappa shape index (κ1) is 9.83. The highest BCUT2D eigenvalue weighted by atomic mass is 19.3. The van der Waals surface area contributed by atoms with Gasteiger partial charge in [-0.3, -0.25) is 4.79 Å². The maximum atomic E-state index is 12.7. The summed E-state index contributed by atoms with van der Waals surface area (Å²) in [5.41, 5.74) is -0.940. The van der Waals surface area contributed by atoms with Crippen molar-refractivity contribution in [1.29, 1.82) is 0 Å². The molecule has 2 unspecified atom stereocenters. The van der Waals surface area contributed by atoms with Crippen molar-refractivity contribution in [3.8, 4) is 0 Å². The van der Waals surface area contributed by atoms with Crippen LogP contribution in [0.25, 0.3) is 0 Å². The van der Waals surface area contributed by atoms with E-state index in [1.165, 1.54) is 0 Å². The summed E-state index contributed by atoms with van der Waals surface area (Å²) in [7, 11) is 0. The number of hydrogen-bond acceptors (Lipinski definition) is 2. The minimum absolute atomic E-state index is 0.113. The molecule has 3 nitrogen and oxygen atoms in total. The number of aliphatic carboxylic acids is 1. The summed E-state index contributed by atoms with van der Waals surface area (Å²) < 4.78 is 25.3. The average Bonchev–Trinajstić information content (AvgIpc) is 2.51. The third-order valence-corrected chi connectivity index (χ3v) is 3.29. The summed E-state index contributed by atoms with van der Waals surface area (Å²) in [5.74, 6) is -4.26. The molecule has 5 heteroatoms. The predicted molar refractivity (Wildman–Crippen MR) is 45.2 cm³/mol. The minimum atomic E-state index is -2.61. The van der Waals surface area contributed by atoms with Crippen LogP contribution in [-0.4, -0.2) is 30.1 Å². The van der Waals surface area contributed by atoms with Gasteiger partial charge in [-0.05, 0) is 19.4 Å². The van der Waals surface area contributed by atoms with Crippen molar-refractivity contribution in [3.05, 3.63) is 0 Å². The molecule has 0 aromatic rings. The lowest BCUT2D eigenvalue weighted by molar-refractivity contribution is -0.148. The van der Waals surface area contributed by atoms with E-state index in [1.807, 2.05) is 0 Å². The van der Waals surface area contributed by atoms with E-state index in [2.05, 4.69) is 5.32 Å². The summed E-state index contributed by atoms with van der Waals surface area (Å²) in [4.78, 5) is 11.0. The molecular formula is C9H13F2NO2. The molecule has 14 heavy (non-hydrogen) atoms. The van der Waals surface area contributed by atoms with Gasteiger partial charge in [0.15, 0.2) is 0 Å². The fourth-order valence-electron chi connectivity index (χ4n) is 2.15. The van der Waals surface area contributed by atoms with Crippen LogP contribution in [0.4, 0.5) is 8.78 Å². The van der Waals surface area contributed by atoms with Crippen molar-refractivity contribution >= 4 is 5.97 Å². The molecule has 2 atom stereocenters. The zero-order valence-corrected chi connectivity index (χ0v) is 7.72. The molecule has 0 aromatic carbocycles. The molecule has 0 radical (unpaired) electrons. The van der Waals surface area contributed by atoms with Crippen LogP contribution < -0.4 is 5.32 Å². The Morgan fingerprint density at radius 3 is 2.57 bits per heavy atom. The number of carboxylic acids is 1. The van der Waals surface area contributed by atoms with Gasteiger partial charge < -0.3 is 10.4 Å². The zero-order valence-electron chi connectivity index (χ0n) is 7.72. The lowest BCUT2D eigenvalue weighted by Crippen LogP contribution is -2.34. The van der Waals surface area contributed by atoms with Gasteiger partial charge in [-0.15, -0.1) is 0 Å². The molecule has 0 amide bonds. The molecule has 1 heterocycles. The molecule has 1 saturated carbocycles. The molecule has 0 aromatic heterocycles. The Hall–Kier alpha value is -0.710. The van der Waals surface area contributed by atoms with Crippen molar-refractivity contribution < 1.29 is 18.7 Å². The predicted octanol–water partition coefficient (Wildman–Crippen LogP) is 1.10. The second kappa shape index (κ2) is 2.89. The first-order valence-electron chi connectivity index (χ1n) is 4.78. The van der Waals surface area contributed by atoms with E-state index in [-0.39, 0.29) is 12.8 Å². The van der Waals surface area contributed by atoms with E-state index >= 15 is 0 Å². The standard InChI is InChI=1S/C9H13F2NO2/c10-9(11)4-6(9)3-8(7(13)14)1-2-12-5-8/h6,12H,1-5H2,(H,13,14). The smallest absolute Gasteiger partial charge is 0.310 e. The molecule has 1 aliphatic heterocycles. The van der Waals surface area contributed by atoms with Crippen LogP contribution in [0.5, 0.6) is 0 Å². The summed E-state index contributed by atoms with van der Waals surface area (Å²) in [5, 5.41) is 12.0. The normalized spacial score (nSPS) is 39.7. The van der Waals surface area contributed by atoms with E-state index in [0.717, 1.165) is 0 Å². The van der Waals surface area contributed by atoms with Crippen molar-refractivity contribution in [2.75, 3.05) is 13.1 Å². The van der Waals surface area contributed by atoms with Crippen molar-refractivity contribution in [3.63, 3.8) is 0 Å². The number of carbonyl (C=O) groups is 1. The minimum Gasteiger partial charge on any atom is -0.481 e. The molecule has 2 N–H and O–H groups in total. The van der Waals surface area contributed by atoms with E-state index in [9.17, 15) is 13.6 Å². The monoisotopic (exact) mass is 205 g/mol. The van der Waals surface area contributed by atoms with E-state index < -0.39 is 23.2 Å². The van der Waals surface area contributed by atoms with Gasteiger partial charge in [-0.1, -0.05) is 0 Å². The van der Waals surface area contributed by atoms with E-state index in [1.54, 1.807) is 0 Å². The van der Waals surface area contributed by atoms with Crippen LogP contribution in [-0.2, 0) is 4.79 Å². The lowest BCUT2D eigenvalue weighted by Gasteiger charge is -2.22. The highest BCUT2D eigenvalue weighted by Gasteiger charge is 2.60. The van der Waals surface area contributed by atoms with Crippen molar-refractivity contribution in [2.24, 2.45) is 11.3 Å². The zero-order chi connectivity index (χ0) is 10.4. The van der Waals surface area contributed by atoms with Crippen LogP contribution in [0.1, 0.15) is 19.3 Å². The number of carboxylic acid groups (broad SMARTS) is 1. The van der Waals surface area contributed by atoms with Crippen molar-refractivity contribution in [1.82, 2.24) is 5.32 Å². The van der Waals surface area contributed by atoms with Gasteiger partial charge in [0.1, 0.15) is 0 Å². The molecular weight excluding hydrogens is 192 g/mol. The Morgan fingerprint density at radius 2 is 2.21 bits per heavy atom. The lowest BCUT2D eigenvalue weighted by atomic mass is 9.82. The maximum Gasteiger partial charge on any atom is 0.310 e. The number of alkyl halides is 2. The van der Waals surface area contributed by atoms with Gasteiger partial charge in [0.05, 0.1) is 5.41 Å². The van der Waals surface area contributed by atoms with Crippen LogP contribution in [0.2, 0.25) is 0 Å². The number of hydrogen-bond donors (Lipinski definition) is 2. The summed E-state index contributed by atoms with van der Waals surface area (Å²) in [6, 6.07) is 0. The summed E-state index contributed by atoms with van der Waals surface area (Å²) in [6.07, 6.45) is 0.444. The molecule has 1 saturated heterocycles. The quantitative estimate of drug-likeness (QED) is 0.725. The summed E-state index contributed by atoms with van der Waals surface area (Å²) >= 11 is 0. The first-order chi connectivity index (χ1) is 6.46. The Kier molecular flexibility index (Phi) is 2.03. The molecule has 2 fully saturated rings. The van der Waals surface area contributed by atoms with Gasteiger partial charge in [0, 0.05) is 18.9 Å². The van der Waals surface area contributed by atoms with E-state index in [4.69, 9.17) is 5.11 Å². The summed E-state index contributed by atoms with van der Waals surface area (Å²) in [6.45, 7) is 0.944. The van der Waals surface area contributed by atoms with Gasteiger partial charge >= 0.3 is 5.97 Å². The topological polar surface area (TPSA) is 49.3 Å². The Labute approximate surface area is 80.5 Å². The highest BCUT2D eigenvalue weighted by molar-refractivity contribution is 5.75. The molecule has 2 aliphatic rings. The largest absolute Gasteiger partial charge is 0.481 e. The van der Waals surface area contributed by atoms with Crippen LogP contribution >= 0.6 is 0 Å². The molecule has 0 spiro atoms. The Balaban J connectivity index is 2.02. The van der Waals surface area contributed by atoms with Crippen LogP contribution in [0.3, 0.4) is 0 Å².